The number of imidazole rings is 1. The molecule has 0 aliphatic carbocycles. The second-order valence-electron chi connectivity index (χ2n) is 3.25. The number of aromatic nitrogens is 2. The molecule has 1 aromatic carbocycles. The van der Waals surface area contributed by atoms with Gasteiger partial charge in [0.1, 0.15) is 12.9 Å². The third-order valence-corrected chi connectivity index (χ3v) is 3.01. The minimum absolute atomic E-state index is 0.385. The van der Waals surface area contributed by atoms with Crippen LogP contribution < -0.4 is 0 Å². The van der Waals surface area contributed by atoms with E-state index in [9.17, 15) is 4.79 Å². The Kier molecular flexibility index (Phi) is 4.21. The average molecular weight is 248 g/mol. The van der Waals surface area contributed by atoms with Crippen molar-refractivity contribution in [1.29, 1.82) is 0 Å². The van der Waals surface area contributed by atoms with Gasteiger partial charge in [-0.2, -0.15) is 0 Å². The molecule has 1 heterocycles. The molecule has 2 rings (SSSR count). The Morgan fingerprint density at radius 2 is 2.18 bits per heavy atom. The zero-order valence-corrected chi connectivity index (χ0v) is 9.97. The Hall–Kier alpha value is -1.75. The molecule has 0 aliphatic rings. The van der Waals surface area contributed by atoms with Gasteiger partial charge < -0.3 is 4.74 Å². The first-order valence-electron chi connectivity index (χ1n) is 5.19. The summed E-state index contributed by atoms with van der Waals surface area (Å²) in [5.41, 5.74) is 0. The predicted octanol–water partition coefficient (Wildman–Crippen LogP) is 2.66. The highest BCUT2D eigenvalue weighted by molar-refractivity contribution is 7.99. The summed E-state index contributed by atoms with van der Waals surface area (Å²) in [7, 11) is 0. The van der Waals surface area contributed by atoms with Gasteiger partial charge in [0.15, 0.2) is 0 Å². The summed E-state index contributed by atoms with van der Waals surface area (Å²) in [6, 6.07) is 10.0. The van der Waals surface area contributed by atoms with E-state index in [-0.39, 0.29) is 0 Å². The van der Waals surface area contributed by atoms with Gasteiger partial charge in [0.25, 0.3) is 0 Å². The molecule has 17 heavy (non-hydrogen) atoms. The smallest absolute Gasteiger partial charge is 0.419 e. The molecule has 0 atom stereocenters. The Bertz CT molecular complexity index is 457. The van der Waals surface area contributed by atoms with Gasteiger partial charge in [-0.15, -0.1) is 11.8 Å². The molecule has 1 aromatic heterocycles. The van der Waals surface area contributed by atoms with E-state index in [0.717, 1.165) is 5.75 Å². The minimum atomic E-state index is -0.392. The zero-order chi connectivity index (χ0) is 11.9. The number of hydrogen-bond donors (Lipinski definition) is 0. The molecule has 5 heteroatoms. The van der Waals surface area contributed by atoms with Crippen LogP contribution in [0, 0.1) is 0 Å². The SMILES string of the molecule is O=C(OCCSc1ccccc1)n1ccnc1. The maximum atomic E-state index is 11.4. The first-order chi connectivity index (χ1) is 8.36. The van der Waals surface area contributed by atoms with Crippen LogP contribution in [0.1, 0.15) is 0 Å². The summed E-state index contributed by atoms with van der Waals surface area (Å²) in [6.07, 6.45) is 4.13. The van der Waals surface area contributed by atoms with Gasteiger partial charge in [-0.05, 0) is 12.1 Å². The lowest BCUT2D eigenvalue weighted by molar-refractivity contribution is 0.155. The molecule has 0 fully saturated rings. The van der Waals surface area contributed by atoms with E-state index in [2.05, 4.69) is 4.98 Å². The van der Waals surface area contributed by atoms with Crippen molar-refractivity contribution >= 4 is 17.9 Å². The molecule has 0 bridgehead atoms. The van der Waals surface area contributed by atoms with Crippen LogP contribution in [0.4, 0.5) is 4.79 Å². The third kappa shape index (κ3) is 3.64. The maximum Gasteiger partial charge on any atom is 0.419 e. The fourth-order valence-electron chi connectivity index (χ4n) is 1.25. The standard InChI is InChI=1S/C12H12N2O2S/c15-12(14-7-6-13-10-14)16-8-9-17-11-4-2-1-3-5-11/h1-7,10H,8-9H2. The van der Waals surface area contributed by atoms with Crippen molar-refractivity contribution in [2.45, 2.75) is 4.90 Å². The monoisotopic (exact) mass is 248 g/mol. The van der Waals surface area contributed by atoms with E-state index >= 15 is 0 Å². The van der Waals surface area contributed by atoms with Crippen molar-refractivity contribution in [2.75, 3.05) is 12.4 Å². The highest BCUT2D eigenvalue weighted by Gasteiger charge is 2.03. The maximum absolute atomic E-state index is 11.4. The molecule has 88 valence electrons. The summed E-state index contributed by atoms with van der Waals surface area (Å²) in [4.78, 5) is 16.4. The molecular weight excluding hydrogens is 236 g/mol. The van der Waals surface area contributed by atoms with Crippen LogP contribution in [-0.2, 0) is 4.74 Å². The second kappa shape index (κ2) is 6.10. The van der Waals surface area contributed by atoms with Crippen molar-refractivity contribution in [3.63, 3.8) is 0 Å². The van der Waals surface area contributed by atoms with Gasteiger partial charge in [-0.25, -0.2) is 14.3 Å². The van der Waals surface area contributed by atoms with E-state index in [4.69, 9.17) is 4.74 Å². The van der Waals surface area contributed by atoms with E-state index in [1.165, 1.54) is 15.8 Å². The van der Waals surface area contributed by atoms with Gasteiger partial charge in [-0.3, -0.25) is 0 Å². The number of thioether (sulfide) groups is 1. The van der Waals surface area contributed by atoms with Crippen LogP contribution >= 0.6 is 11.8 Å². The second-order valence-corrected chi connectivity index (χ2v) is 4.41. The summed E-state index contributed by atoms with van der Waals surface area (Å²) in [6.45, 7) is 0.385. The van der Waals surface area contributed by atoms with Crippen molar-refractivity contribution in [1.82, 2.24) is 9.55 Å². The van der Waals surface area contributed by atoms with Crippen molar-refractivity contribution in [3.8, 4) is 0 Å². The number of nitrogens with zero attached hydrogens (tertiary/aromatic N) is 2. The first-order valence-corrected chi connectivity index (χ1v) is 6.18. The van der Waals surface area contributed by atoms with Crippen molar-refractivity contribution in [2.24, 2.45) is 0 Å². The van der Waals surface area contributed by atoms with E-state index in [0.29, 0.717) is 6.61 Å². The van der Waals surface area contributed by atoms with E-state index < -0.39 is 6.09 Å². The van der Waals surface area contributed by atoms with Gasteiger partial charge >= 0.3 is 6.09 Å². The third-order valence-electron chi connectivity index (χ3n) is 2.04. The Balaban J connectivity index is 1.69. The quantitative estimate of drug-likeness (QED) is 0.616. The van der Waals surface area contributed by atoms with Gasteiger partial charge in [0.2, 0.25) is 0 Å². The summed E-state index contributed by atoms with van der Waals surface area (Å²) in [5.74, 6) is 0.741. The van der Waals surface area contributed by atoms with E-state index in [1.54, 1.807) is 24.2 Å². The largest absolute Gasteiger partial charge is 0.448 e. The molecule has 0 saturated heterocycles. The van der Waals surface area contributed by atoms with Gasteiger partial charge in [0.05, 0.1) is 0 Å². The number of benzene rings is 1. The van der Waals surface area contributed by atoms with Crippen LogP contribution in [0.15, 0.2) is 53.9 Å². The molecule has 0 aliphatic heterocycles. The molecule has 0 saturated carbocycles. The van der Waals surface area contributed by atoms with Crippen LogP contribution in [0.25, 0.3) is 0 Å². The molecular formula is C12H12N2O2S. The van der Waals surface area contributed by atoms with Crippen LogP contribution in [0.5, 0.6) is 0 Å². The minimum Gasteiger partial charge on any atom is -0.448 e. The molecule has 0 N–H and O–H groups in total. The average Bonchev–Trinajstić information content (AvgIpc) is 2.89. The number of rotatable bonds is 4. The molecule has 2 aromatic rings. The molecule has 0 spiro atoms. The summed E-state index contributed by atoms with van der Waals surface area (Å²) >= 11 is 1.66. The number of carbonyl (C=O) groups is 1. The van der Waals surface area contributed by atoms with Crippen LogP contribution in [0.3, 0.4) is 0 Å². The number of ether oxygens (including phenoxy) is 1. The summed E-state index contributed by atoms with van der Waals surface area (Å²) < 4.78 is 6.38. The molecule has 0 unspecified atom stereocenters. The highest BCUT2D eigenvalue weighted by atomic mass is 32.2. The zero-order valence-electron chi connectivity index (χ0n) is 9.15. The fraction of sp³-hybridized carbons (Fsp3) is 0.167. The normalized spacial score (nSPS) is 10.1. The lowest BCUT2D eigenvalue weighted by atomic mass is 10.4. The van der Waals surface area contributed by atoms with Crippen molar-refractivity contribution < 1.29 is 9.53 Å². The lowest BCUT2D eigenvalue weighted by Crippen LogP contribution is -2.13. The Labute approximate surface area is 104 Å². The number of carbonyl (C=O) groups excluding carboxylic acids is 1. The van der Waals surface area contributed by atoms with Gasteiger partial charge in [-0.1, -0.05) is 18.2 Å². The van der Waals surface area contributed by atoms with Crippen molar-refractivity contribution in [3.05, 3.63) is 49.1 Å². The summed E-state index contributed by atoms with van der Waals surface area (Å²) in [5, 5.41) is 0. The highest BCUT2D eigenvalue weighted by Crippen LogP contribution is 2.16. The molecule has 4 nitrogen and oxygen atoms in total. The van der Waals surface area contributed by atoms with Crippen LogP contribution in [0.2, 0.25) is 0 Å². The van der Waals surface area contributed by atoms with Crippen LogP contribution in [-0.4, -0.2) is 28.0 Å². The van der Waals surface area contributed by atoms with Gasteiger partial charge in [0, 0.05) is 23.0 Å². The number of hydrogen-bond acceptors (Lipinski definition) is 4. The molecule has 0 amide bonds. The first kappa shape index (κ1) is 11.7. The fourth-order valence-corrected chi connectivity index (χ4v) is 2.00. The predicted molar refractivity (Wildman–Crippen MR) is 66.1 cm³/mol. The lowest BCUT2D eigenvalue weighted by Gasteiger charge is -2.04. The Morgan fingerprint density at radius 1 is 1.35 bits per heavy atom. The topological polar surface area (TPSA) is 44.1 Å². The Morgan fingerprint density at radius 3 is 2.88 bits per heavy atom. The molecule has 0 radical (unpaired) electrons. The van der Waals surface area contributed by atoms with E-state index in [1.807, 2.05) is 30.3 Å².